The number of carbonyl (C=O) groups is 3. The highest BCUT2D eigenvalue weighted by molar-refractivity contribution is 5.86. The Kier molecular flexibility index (Phi) is 12.4. The van der Waals surface area contributed by atoms with Crippen LogP contribution in [0.5, 0.6) is 0 Å². The van der Waals surface area contributed by atoms with Crippen molar-refractivity contribution in [2.24, 2.45) is 5.92 Å². The van der Waals surface area contributed by atoms with Gasteiger partial charge in [-0.3, -0.25) is 14.4 Å². The number of nitrogens with one attached hydrogen (secondary N) is 2. The van der Waals surface area contributed by atoms with Gasteiger partial charge in [-0.05, 0) is 31.2 Å². The lowest BCUT2D eigenvalue weighted by molar-refractivity contribution is -0.153. The molecule has 8 nitrogen and oxygen atoms in total. The molecular weight excluding hydrogens is 460 g/mol. The Morgan fingerprint density at radius 3 is 2.42 bits per heavy atom. The lowest BCUT2D eigenvalue weighted by atomic mass is 9.95. The van der Waals surface area contributed by atoms with E-state index >= 15 is 0 Å². The van der Waals surface area contributed by atoms with Crippen LogP contribution >= 0.6 is 0 Å². The van der Waals surface area contributed by atoms with Gasteiger partial charge in [-0.25, -0.2) is 0 Å². The maximum absolute atomic E-state index is 13.3. The molecule has 36 heavy (non-hydrogen) atoms. The first-order chi connectivity index (χ1) is 17.4. The molecule has 0 aromatic heterocycles. The van der Waals surface area contributed by atoms with Crippen LogP contribution in [0, 0.1) is 5.92 Å². The summed E-state index contributed by atoms with van der Waals surface area (Å²) >= 11 is 0. The van der Waals surface area contributed by atoms with Crippen LogP contribution < -0.4 is 10.6 Å². The van der Waals surface area contributed by atoms with Gasteiger partial charge in [0.1, 0.15) is 6.10 Å². The predicted molar refractivity (Wildman–Crippen MR) is 138 cm³/mol. The smallest absolute Gasteiger partial charge is 0.306 e. The van der Waals surface area contributed by atoms with E-state index in [0.717, 1.165) is 31.2 Å². The van der Waals surface area contributed by atoms with Gasteiger partial charge in [-0.15, -0.1) is 13.2 Å². The van der Waals surface area contributed by atoms with Gasteiger partial charge in [-0.1, -0.05) is 55.3 Å². The van der Waals surface area contributed by atoms with Crippen LogP contribution in [-0.2, 0) is 23.9 Å². The second-order valence-corrected chi connectivity index (χ2v) is 9.34. The summed E-state index contributed by atoms with van der Waals surface area (Å²) in [6.07, 6.45) is 6.70. The van der Waals surface area contributed by atoms with Crippen LogP contribution in [0.3, 0.4) is 0 Å². The van der Waals surface area contributed by atoms with Gasteiger partial charge < -0.3 is 25.2 Å². The van der Waals surface area contributed by atoms with Crippen molar-refractivity contribution >= 4 is 17.8 Å². The fraction of sp³-hybridized carbons (Fsp3) is 0.536. The van der Waals surface area contributed by atoms with Crippen LogP contribution in [0.1, 0.15) is 63.0 Å². The Morgan fingerprint density at radius 2 is 1.83 bits per heavy atom. The van der Waals surface area contributed by atoms with Crippen LogP contribution in [-0.4, -0.2) is 54.8 Å². The van der Waals surface area contributed by atoms with E-state index in [1.165, 1.54) is 7.11 Å². The highest BCUT2D eigenvalue weighted by Gasteiger charge is 2.36. The Bertz CT molecular complexity index is 866. The first-order valence-corrected chi connectivity index (χ1v) is 12.6. The van der Waals surface area contributed by atoms with Gasteiger partial charge in [0.15, 0.2) is 0 Å². The zero-order chi connectivity index (χ0) is 26.4. The fourth-order valence-corrected chi connectivity index (χ4v) is 4.56. The van der Waals surface area contributed by atoms with Crippen LogP contribution in [0.2, 0.25) is 0 Å². The molecule has 1 fully saturated rings. The van der Waals surface area contributed by atoms with Gasteiger partial charge in [0.25, 0.3) is 0 Å². The second kappa shape index (κ2) is 15.2. The lowest BCUT2D eigenvalue weighted by Crippen LogP contribution is -2.51. The Hall–Kier alpha value is -2.97. The van der Waals surface area contributed by atoms with Crippen molar-refractivity contribution in [1.82, 2.24) is 10.6 Å². The summed E-state index contributed by atoms with van der Waals surface area (Å²) in [6.45, 7) is 7.35. The van der Waals surface area contributed by atoms with E-state index in [-0.39, 0.29) is 37.9 Å². The first-order valence-electron chi connectivity index (χ1n) is 12.6. The normalized spacial score (nSPS) is 16.8. The third-order valence-corrected chi connectivity index (χ3v) is 6.50. The number of ether oxygens (including phenoxy) is 2. The second-order valence-electron chi connectivity index (χ2n) is 9.34. The zero-order valence-electron chi connectivity index (χ0n) is 21.2. The fourth-order valence-electron chi connectivity index (χ4n) is 4.56. The Balaban J connectivity index is 2.17. The molecule has 1 aromatic rings. The van der Waals surface area contributed by atoms with Crippen LogP contribution in [0.25, 0.3) is 0 Å². The molecule has 1 saturated carbocycles. The van der Waals surface area contributed by atoms with Gasteiger partial charge in [0, 0.05) is 20.0 Å². The molecule has 3 unspecified atom stereocenters. The molecule has 0 aliphatic heterocycles. The maximum atomic E-state index is 13.3. The molecule has 0 saturated heterocycles. The highest BCUT2D eigenvalue weighted by Crippen LogP contribution is 2.29. The number of rotatable bonds is 16. The SMILES string of the molecule is C=CCCC(=O)OC(c1ccccc1)C(COC)NC(=O)C(CC=C)CC(=O)NC1(CO)CCCC1. The van der Waals surface area contributed by atoms with Crippen molar-refractivity contribution in [3.8, 4) is 0 Å². The molecule has 2 rings (SSSR count). The van der Waals surface area contributed by atoms with Crippen molar-refractivity contribution < 1.29 is 29.0 Å². The topological polar surface area (TPSA) is 114 Å². The van der Waals surface area contributed by atoms with Gasteiger partial charge in [-0.2, -0.15) is 0 Å². The largest absolute Gasteiger partial charge is 0.455 e. The molecule has 2 amide bonds. The number of allylic oxidation sites excluding steroid dienone is 2. The third-order valence-electron chi connectivity index (χ3n) is 6.50. The summed E-state index contributed by atoms with van der Waals surface area (Å²) in [4.78, 5) is 38.6. The van der Waals surface area contributed by atoms with E-state index in [9.17, 15) is 19.5 Å². The zero-order valence-corrected chi connectivity index (χ0v) is 21.2. The molecule has 0 heterocycles. The van der Waals surface area contributed by atoms with E-state index in [4.69, 9.17) is 9.47 Å². The molecule has 1 aliphatic rings. The molecule has 1 aromatic carbocycles. The van der Waals surface area contributed by atoms with Crippen molar-refractivity contribution in [3.63, 3.8) is 0 Å². The number of aliphatic hydroxyl groups is 1. The summed E-state index contributed by atoms with van der Waals surface area (Å²) in [5.74, 6) is -1.73. The van der Waals surface area contributed by atoms with Crippen molar-refractivity contribution in [1.29, 1.82) is 0 Å². The number of hydrogen-bond acceptors (Lipinski definition) is 6. The summed E-state index contributed by atoms with van der Waals surface area (Å²) in [5, 5.41) is 15.7. The number of carbonyl (C=O) groups excluding carboxylic acids is 3. The standard InChI is InChI=1S/C28H40N2O6/c1-4-6-15-25(33)36-26(21-13-8-7-9-14-21)23(19-35-3)29-27(34)22(12-5-2)18-24(32)30-28(20-31)16-10-11-17-28/h4-5,7-9,13-14,22-23,26,31H,1-2,6,10-12,15-20H2,3H3,(H,29,34)(H,30,32). The number of aliphatic hydroxyl groups excluding tert-OH is 1. The Labute approximate surface area is 214 Å². The number of esters is 1. The molecule has 8 heteroatoms. The molecule has 3 atom stereocenters. The van der Waals surface area contributed by atoms with Crippen LogP contribution in [0.4, 0.5) is 0 Å². The Morgan fingerprint density at radius 1 is 1.14 bits per heavy atom. The molecule has 3 N–H and O–H groups in total. The molecule has 1 aliphatic carbocycles. The monoisotopic (exact) mass is 500 g/mol. The predicted octanol–water partition coefficient (Wildman–Crippen LogP) is 3.37. The molecular formula is C28H40N2O6. The lowest BCUT2D eigenvalue weighted by Gasteiger charge is -2.30. The van der Waals surface area contributed by atoms with E-state index < -0.39 is 29.6 Å². The van der Waals surface area contributed by atoms with E-state index in [1.54, 1.807) is 12.2 Å². The van der Waals surface area contributed by atoms with E-state index in [0.29, 0.717) is 12.8 Å². The average Bonchev–Trinajstić information content (AvgIpc) is 3.34. The molecule has 198 valence electrons. The number of benzene rings is 1. The maximum Gasteiger partial charge on any atom is 0.306 e. The quantitative estimate of drug-likeness (QED) is 0.237. The number of hydrogen-bond donors (Lipinski definition) is 3. The van der Waals surface area contributed by atoms with E-state index in [2.05, 4.69) is 23.8 Å². The highest BCUT2D eigenvalue weighted by atomic mass is 16.5. The van der Waals surface area contributed by atoms with Crippen molar-refractivity contribution in [2.75, 3.05) is 20.3 Å². The summed E-state index contributed by atoms with van der Waals surface area (Å²) in [6, 6.07) is 8.49. The van der Waals surface area contributed by atoms with Gasteiger partial charge >= 0.3 is 5.97 Å². The minimum Gasteiger partial charge on any atom is -0.455 e. The number of amides is 2. The van der Waals surface area contributed by atoms with Crippen molar-refractivity contribution in [2.45, 2.75) is 69.1 Å². The summed E-state index contributed by atoms with van der Waals surface area (Å²) in [5.41, 5.74) is 0.110. The van der Waals surface area contributed by atoms with Gasteiger partial charge in [0.2, 0.25) is 11.8 Å². The first kappa shape index (κ1) is 29.3. The van der Waals surface area contributed by atoms with Gasteiger partial charge in [0.05, 0.1) is 30.7 Å². The van der Waals surface area contributed by atoms with Crippen LogP contribution in [0.15, 0.2) is 55.6 Å². The molecule has 0 radical (unpaired) electrons. The minimum absolute atomic E-state index is 0.0472. The minimum atomic E-state index is -0.776. The summed E-state index contributed by atoms with van der Waals surface area (Å²) in [7, 11) is 1.51. The van der Waals surface area contributed by atoms with Crippen molar-refractivity contribution in [3.05, 3.63) is 61.2 Å². The molecule has 0 spiro atoms. The average molecular weight is 501 g/mol. The molecule has 0 bridgehead atoms. The van der Waals surface area contributed by atoms with E-state index in [1.807, 2.05) is 30.3 Å². The third kappa shape index (κ3) is 8.91. The summed E-state index contributed by atoms with van der Waals surface area (Å²) < 4.78 is 11.1. The number of methoxy groups -OCH3 is 1.